The van der Waals surface area contributed by atoms with Crippen LogP contribution in [0.25, 0.3) is 0 Å². The zero-order valence-corrected chi connectivity index (χ0v) is 9.51. The Bertz CT molecular complexity index is 179. The predicted octanol–water partition coefficient (Wildman–Crippen LogP) is 1.04. The van der Waals surface area contributed by atoms with Crippen molar-refractivity contribution in [2.75, 3.05) is 6.54 Å². The van der Waals surface area contributed by atoms with Crippen molar-refractivity contribution < 1.29 is 10.2 Å². The molecule has 1 atom stereocenters. The van der Waals surface area contributed by atoms with Crippen molar-refractivity contribution in [3.8, 4) is 0 Å². The number of aliphatic hydroxyl groups is 2. The first-order chi connectivity index (χ1) is 6.36. The van der Waals surface area contributed by atoms with Gasteiger partial charge in [0.05, 0.1) is 11.7 Å². The molecule has 1 fully saturated rings. The predicted molar refractivity (Wildman–Crippen MR) is 57.2 cm³/mol. The molecule has 0 spiro atoms. The standard InChI is InChI=1S/C11H23NO2/c1-9(13)10(2,3)12-8-11(14)6-4-5-7-11/h9,12-14H,4-8H2,1-3H3. The third-order valence-electron chi connectivity index (χ3n) is 3.45. The average molecular weight is 201 g/mol. The molecule has 1 saturated carbocycles. The molecule has 3 nitrogen and oxygen atoms in total. The molecule has 14 heavy (non-hydrogen) atoms. The lowest BCUT2D eigenvalue weighted by molar-refractivity contribution is 0.0239. The molecule has 0 radical (unpaired) electrons. The molecule has 84 valence electrons. The SMILES string of the molecule is CC(O)C(C)(C)NCC1(O)CCCC1. The molecule has 1 aliphatic carbocycles. The third kappa shape index (κ3) is 2.94. The number of β-amino-alcohol motifs (C(OH)–C–C–N with tert-alkyl or cyclic N) is 1. The molecule has 3 N–H and O–H groups in total. The summed E-state index contributed by atoms with van der Waals surface area (Å²) in [5.74, 6) is 0. The highest BCUT2D eigenvalue weighted by Crippen LogP contribution is 2.29. The first-order valence-corrected chi connectivity index (χ1v) is 5.51. The highest BCUT2D eigenvalue weighted by Gasteiger charge is 2.33. The van der Waals surface area contributed by atoms with E-state index >= 15 is 0 Å². The van der Waals surface area contributed by atoms with Crippen molar-refractivity contribution in [2.45, 2.75) is 63.7 Å². The van der Waals surface area contributed by atoms with E-state index in [4.69, 9.17) is 0 Å². The molecule has 0 amide bonds. The van der Waals surface area contributed by atoms with E-state index in [1.165, 1.54) is 0 Å². The van der Waals surface area contributed by atoms with Gasteiger partial charge in [-0.3, -0.25) is 0 Å². The average Bonchev–Trinajstić information content (AvgIpc) is 2.50. The molecular weight excluding hydrogens is 178 g/mol. The summed E-state index contributed by atoms with van der Waals surface area (Å²) in [4.78, 5) is 0. The van der Waals surface area contributed by atoms with E-state index in [1.54, 1.807) is 6.92 Å². The normalized spacial score (nSPS) is 23.8. The van der Waals surface area contributed by atoms with Crippen LogP contribution < -0.4 is 5.32 Å². The Hall–Kier alpha value is -0.120. The fourth-order valence-corrected chi connectivity index (χ4v) is 1.75. The van der Waals surface area contributed by atoms with Gasteiger partial charge in [-0.05, 0) is 33.6 Å². The Kier molecular flexibility index (Phi) is 3.56. The number of rotatable bonds is 4. The summed E-state index contributed by atoms with van der Waals surface area (Å²) < 4.78 is 0. The topological polar surface area (TPSA) is 52.5 Å². The minimum atomic E-state index is -0.536. The van der Waals surface area contributed by atoms with Crippen LogP contribution in [-0.4, -0.2) is 34.0 Å². The fraction of sp³-hybridized carbons (Fsp3) is 1.00. The maximum Gasteiger partial charge on any atom is 0.0771 e. The van der Waals surface area contributed by atoms with E-state index < -0.39 is 11.7 Å². The monoisotopic (exact) mass is 201 g/mol. The Morgan fingerprint density at radius 1 is 1.36 bits per heavy atom. The lowest BCUT2D eigenvalue weighted by Crippen LogP contribution is -2.53. The van der Waals surface area contributed by atoms with Crippen molar-refractivity contribution in [3.63, 3.8) is 0 Å². The Morgan fingerprint density at radius 2 is 1.86 bits per heavy atom. The lowest BCUT2D eigenvalue weighted by atomic mass is 9.95. The molecule has 0 bridgehead atoms. The molecule has 0 aromatic rings. The second-order valence-corrected chi connectivity index (χ2v) is 5.18. The molecule has 1 aliphatic rings. The van der Waals surface area contributed by atoms with Crippen molar-refractivity contribution in [1.82, 2.24) is 5.32 Å². The second kappa shape index (κ2) is 4.17. The molecule has 0 saturated heterocycles. The molecule has 1 rings (SSSR count). The summed E-state index contributed by atoms with van der Waals surface area (Å²) in [6.07, 6.45) is 3.60. The van der Waals surface area contributed by atoms with E-state index in [1.807, 2.05) is 13.8 Å². The van der Waals surface area contributed by atoms with Crippen LogP contribution >= 0.6 is 0 Å². The molecule has 0 aliphatic heterocycles. The van der Waals surface area contributed by atoms with E-state index in [0.717, 1.165) is 25.7 Å². The van der Waals surface area contributed by atoms with Gasteiger partial charge in [-0.15, -0.1) is 0 Å². The quantitative estimate of drug-likeness (QED) is 0.637. The highest BCUT2D eigenvalue weighted by molar-refractivity contribution is 4.91. The van der Waals surface area contributed by atoms with Crippen LogP contribution in [0.3, 0.4) is 0 Å². The minimum absolute atomic E-state index is 0.321. The Labute approximate surface area is 86.5 Å². The Morgan fingerprint density at radius 3 is 2.29 bits per heavy atom. The van der Waals surface area contributed by atoms with Crippen LogP contribution in [0.1, 0.15) is 46.5 Å². The van der Waals surface area contributed by atoms with Crippen LogP contribution in [0, 0.1) is 0 Å². The highest BCUT2D eigenvalue weighted by atomic mass is 16.3. The summed E-state index contributed by atoms with van der Waals surface area (Å²) in [6.45, 7) is 6.27. The van der Waals surface area contributed by atoms with Crippen LogP contribution in [0.15, 0.2) is 0 Å². The number of hydrogen-bond acceptors (Lipinski definition) is 3. The third-order valence-corrected chi connectivity index (χ3v) is 3.45. The smallest absolute Gasteiger partial charge is 0.0771 e. The Balaban J connectivity index is 2.39. The van der Waals surface area contributed by atoms with E-state index in [9.17, 15) is 10.2 Å². The minimum Gasteiger partial charge on any atom is -0.392 e. The summed E-state index contributed by atoms with van der Waals surface area (Å²) in [6, 6.07) is 0. The summed E-state index contributed by atoms with van der Waals surface area (Å²) in [5, 5.41) is 22.8. The first-order valence-electron chi connectivity index (χ1n) is 5.51. The van der Waals surface area contributed by atoms with Gasteiger partial charge in [-0.2, -0.15) is 0 Å². The molecule has 0 heterocycles. The number of nitrogens with one attached hydrogen (secondary N) is 1. The van der Waals surface area contributed by atoms with Crippen LogP contribution in [-0.2, 0) is 0 Å². The van der Waals surface area contributed by atoms with E-state index in [-0.39, 0.29) is 5.54 Å². The first kappa shape index (κ1) is 12.0. The fourth-order valence-electron chi connectivity index (χ4n) is 1.75. The van der Waals surface area contributed by atoms with Crippen LogP contribution in [0.4, 0.5) is 0 Å². The maximum atomic E-state index is 10.1. The number of hydrogen-bond donors (Lipinski definition) is 3. The molecular formula is C11H23NO2. The molecule has 0 aromatic heterocycles. The van der Waals surface area contributed by atoms with Crippen molar-refractivity contribution >= 4 is 0 Å². The van der Waals surface area contributed by atoms with Crippen molar-refractivity contribution in [1.29, 1.82) is 0 Å². The van der Waals surface area contributed by atoms with Gasteiger partial charge < -0.3 is 15.5 Å². The summed E-state index contributed by atoms with van der Waals surface area (Å²) in [7, 11) is 0. The van der Waals surface area contributed by atoms with Gasteiger partial charge >= 0.3 is 0 Å². The van der Waals surface area contributed by atoms with Crippen molar-refractivity contribution in [2.24, 2.45) is 0 Å². The lowest BCUT2D eigenvalue weighted by Gasteiger charge is -2.33. The van der Waals surface area contributed by atoms with Gasteiger partial charge in [0.1, 0.15) is 0 Å². The second-order valence-electron chi connectivity index (χ2n) is 5.18. The molecule has 1 unspecified atom stereocenters. The molecule has 0 aromatic carbocycles. The van der Waals surface area contributed by atoms with Gasteiger partial charge in [0.15, 0.2) is 0 Å². The van der Waals surface area contributed by atoms with Crippen LogP contribution in [0.5, 0.6) is 0 Å². The largest absolute Gasteiger partial charge is 0.392 e. The summed E-state index contributed by atoms with van der Waals surface area (Å²) >= 11 is 0. The van der Waals surface area contributed by atoms with Gasteiger partial charge in [0.2, 0.25) is 0 Å². The van der Waals surface area contributed by atoms with Crippen LogP contribution in [0.2, 0.25) is 0 Å². The molecule has 3 heteroatoms. The summed E-state index contributed by atoms with van der Waals surface area (Å²) in [5.41, 5.74) is -0.857. The van der Waals surface area contributed by atoms with Gasteiger partial charge in [0, 0.05) is 12.1 Å². The van der Waals surface area contributed by atoms with Gasteiger partial charge in [-0.1, -0.05) is 12.8 Å². The van der Waals surface area contributed by atoms with Gasteiger partial charge in [0.25, 0.3) is 0 Å². The zero-order valence-electron chi connectivity index (χ0n) is 9.51. The van der Waals surface area contributed by atoms with E-state index in [0.29, 0.717) is 6.54 Å². The zero-order chi connectivity index (χ0) is 10.8. The van der Waals surface area contributed by atoms with Crippen molar-refractivity contribution in [3.05, 3.63) is 0 Å². The van der Waals surface area contributed by atoms with Gasteiger partial charge in [-0.25, -0.2) is 0 Å². The number of aliphatic hydroxyl groups excluding tert-OH is 1. The van der Waals surface area contributed by atoms with E-state index in [2.05, 4.69) is 5.32 Å². The maximum absolute atomic E-state index is 10.1.